The Kier molecular flexibility index (Phi) is 4.76. The molecule has 1 aliphatic rings. The minimum atomic E-state index is -0.186. The molecule has 3 aromatic rings. The van der Waals surface area contributed by atoms with Crippen LogP contribution in [0.2, 0.25) is 5.02 Å². The summed E-state index contributed by atoms with van der Waals surface area (Å²) in [5.74, 6) is -0.0835. The Bertz CT molecular complexity index is 1060. The third-order valence-electron chi connectivity index (χ3n) is 5.17. The van der Waals surface area contributed by atoms with Crippen molar-refractivity contribution in [1.29, 1.82) is 0 Å². The van der Waals surface area contributed by atoms with Crippen LogP contribution in [0.3, 0.4) is 0 Å². The van der Waals surface area contributed by atoms with Crippen molar-refractivity contribution in [2.24, 2.45) is 7.05 Å². The van der Waals surface area contributed by atoms with Gasteiger partial charge in [-0.2, -0.15) is 0 Å². The molecule has 1 N–H and O–H groups in total. The third kappa shape index (κ3) is 3.15. The van der Waals surface area contributed by atoms with Gasteiger partial charge in [-0.05, 0) is 23.8 Å². The molecule has 27 heavy (non-hydrogen) atoms. The number of piperazine rings is 1. The highest BCUT2D eigenvalue weighted by Crippen LogP contribution is 2.28. The molecular formula is C20H21ClN4O2. The summed E-state index contributed by atoms with van der Waals surface area (Å²) in [5.41, 5.74) is 2.32. The van der Waals surface area contributed by atoms with Crippen LogP contribution in [0.1, 0.15) is 11.6 Å². The second kappa shape index (κ2) is 7.21. The number of aromatic nitrogens is 2. The molecule has 1 aromatic heterocycles. The minimum absolute atomic E-state index is 0.0150. The van der Waals surface area contributed by atoms with Crippen LogP contribution in [-0.2, 0) is 18.4 Å². The van der Waals surface area contributed by atoms with Crippen LogP contribution in [0, 0.1) is 0 Å². The van der Waals surface area contributed by atoms with Gasteiger partial charge in [0.05, 0.1) is 17.1 Å². The van der Waals surface area contributed by atoms with E-state index < -0.39 is 0 Å². The number of halogens is 1. The number of hydrogen-bond acceptors (Lipinski definition) is 3. The zero-order chi connectivity index (χ0) is 19.0. The lowest BCUT2D eigenvalue weighted by Crippen LogP contribution is -2.50. The molecule has 2 heterocycles. The Hall–Kier alpha value is -2.57. The molecule has 0 aliphatic carbocycles. The number of amides is 1. The largest absolute Gasteiger partial charge is 0.331 e. The van der Waals surface area contributed by atoms with Gasteiger partial charge in [-0.25, -0.2) is 4.79 Å². The van der Waals surface area contributed by atoms with Gasteiger partial charge < -0.3 is 10.2 Å². The van der Waals surface area contributed by atoms with Crippen molar-refractivity contribution >= 4 is 28.5 Å². The van der Waals surface area contributed by atoms with Crippen molar-refractivity contribution in [1.82, 2.24) is 19.4 Å². The average molecular weight is 385 g/mol. The van der Waals surface area contributed by atoms with Crippen LogP contribution in [-0.4, -0.2) is 39.6 Å². The fourth-order valence-electron chi connectivity index (χ4n) is 3.77. The molecule has 1 aliphatic heterocycles. The van der Waals surface area contributed by atoms with E-state index in [4.69, 9.17) is 11.6 Å². The van der Waals surface area contributed by atoms with Crippen LogP contribution in [0.4, 0.5) is 0 Å². The molecule has 1 saturated heterocycles. The Morgan fingerprint density at radius 2 is 1.85 bits per heavy atom. The number of imidazole rings is 1. The number of benzene rings is 2. The van der Waals surface area contributed by atoms with Crippen LogP contribution in [0.15, 0.2) is 53.3 Å². The van der Waals surface area contributed by atoms with Crippen LogP contribution in [0.5, 0.6) is 0 Å². The maximum absolute atomic E-state index is 13.2. The highest BCUT2D eigenvalue weighted by Gasteiger charge is 2.29. The summed E-state index contributed by atoms with van der Waals surface area (Å²) in [6.45, 7) is 1.95. The molecule has 6 nitrogen and oxygen atoms in total. The van der Waals surface area contributed by atoms with Crippen LogP contribution < -0.4 is 11.0 Å². The van der Waals surface area contributed by atoms with Crippen molar-refractivity contribution in [3.8, 4) is 0 Å². The molecule has 1 atom stereocenters. The Morgan fingerprint density at radius 3 is 2.63 bits per heavy atom. The van der Waals surface area contributed by atoms with Crippen LogP contribution >= 0.6 is 11.6 Å². The second-order valence-corrected chi connectivity index (χ2v) is 7.15. The summed E-state index contributed by atoms with van der Waals surface area (Å²) in [5, 5.41) is 3.97. The molecule has 140 valence electrons. The lowest BCUT2D eigenvalue weighted by Gasteiger charge is -2.37. The summed E-state index contributed by atoms with van der Waals surface area (Å²) >= 11 is 6.37. The standard InChI is InChI=1S/C20H21ClN4O2/c1-23-16-8-4-5-9-17(16)25(20(23)27)13-19(26)24-11-10-22-12-18(24)14-6-2-3-7-15(14)21/h2-9,18,22H,10-13H2,1H3. The topological polar surface area (TPSA) is 59.3 Å². The summed E-state index contributed by atoms with van der Waals surface area (Å²) in [6.07, 6.45) is 0. The first kappa shape index (κ1) is 17.8. The van der Waals surface area contributed by atoms with Crippen molar-refractivity contribution in [3.05, 3.63) is 69.6 Å². The molecule has 1 fully saturated rings. The molecule has 0 spiro atoms. The fourth-order valence-corrected chi connectivity index (χ4v) is 4.03. The second-order valence-electron chi connectivity index (χ2n) is 6.75. The number of rotatable bonds is 3. The number of aryl methyl sites for hydroxylation is 1. The van der Waals surface area contributed by atoms with E-state index in [1.54, 1.807) is 16.2 Å². The van der Waals surface area contributed by atoms with Gasteiger partial charge in [0.25, 0.3) is 0 Å². The van der Waals surface area contributed by atoms with E-state index in [0.29, 0.717) is 18.1 Å². The van der Waals surface area contributed by atoms with Gasteiger partial charge in [0.15, 0.2) is 0 Å². The van der Waals surface area contributed by atoms with Gasteiger partial charge in [-0.15, -0.1) is 0 Å². The van der Waals surface area contributed by atoms with Gasteiger partial charge in [0, 0.05) is 31.7 Å². The number of hydrogen-bond donors (Lipinski definition) is 1. The van der Waals surface area contributed by atoms with E-state index in [0.717, 1.165) is 23.1 Å². The quantitative estimate of drug-likeness (QED) is 0.752. The molecule has 7 heteroatoms. The number of carbonyl (C=O) groups excluding carboxylic acids is 1. The van der Waals surface area contributed by atoms with E-state index in [1.165, 1.54) is 0 Å². The molecule has 2 aromatic carbocycles. The predicted molar refractivity (Wildman–Crippen MR) is 106 cm³/mol. The Labute approximate surface area is 162 Å². The van der Waals surface area contributed by atoms with E-state index in [2.05, 4.69) is 5.32 Å². The van der Waals surface area contributed by atoms with Crippen molar-refractivity contribution in [2.75, 3.05) is 19.6 Å². The Balaban J connectivity index is 1.67. The number of fused-ring (bicyclic) bond motifs is 1. The van der Waals surface area contributed by atoms with E-state index in [9.17, 15) is 9.59 Å². The molecule has 0 saturated carbocycles. The zero-order valence-corrected chi connectivity index (χ0v) is 15.8. The smallest absolute Gasteiger partial charge is 0.329 e. The number of nitrogens with zero attached hydrogens (tertiary/aromatic N) is 3. The number of carbonyl (C=O) groups is 1. The normalized spacial score (nSPS) is 17.4. The number of nitrogens with one attached hydrogen (secondary N) is 1. The first-order valence-corrected chi connectivity index (χ1v) is 9.34. The first-order valence-electron chi connectivity index (χ1n) is 8.97. The molecule has 1 unspecified atom stereocenters. The number of para-hydroxylation sites is 2. The van der Waals surface area contributed by atoms with Gasteiger partial charge in [-0.3, -0.25) is 13.9 Å². The third-order valence-corrected chi connectivity index (χ3v) is 5.52. The Morgan fingerprint density at radius 1 is 1.15 bits per heavy atom. The van der Waals surface area contributed by atoms with Gasteiger partial charge in [-0.1, -0.05) is 41.9 Å². The maximum atomic E-state index is 13.2. The maximum Gasteiger partial charge on any atom is 0.329 e. The zero-order valence-electron chi connectivity index (χ0n) is 15.1. The van der Waals surface area contributed by atoms with Crippen molar-refractivity contribution in [2.45, 2.75) is 12.6 Å². The van der Waals surface area contributed by atoms with E-state index >= 15 is 0 Å². The fraction of sp³-hybridized carbons (Fsp3) is 0.300. The van der Waals surface area contributed by atoms with Crippen LogP contribution in [0.25, 0.3) is 11.0 Å². The lowest BCUT2D eigenvalue weighted by molar-refractivity contribution is -0.135. The SMILES string of the molecule is Cn1c(=O)n(CC(=O)N2CCNCC2c2ccccc2Cl)c2ccccc21. The monoisotopic (exact) mass is 384 g/mol. The van der Waals surface area contributed by atoms with Crippen molar-refractivity contribution in [3.63, 3.8) is 0 Å². The first-order chi connectivity index (χ1) is 13.1. The minimum Gasteiger partial charge on any atom is -0.331 e. The van der Waals surface area contributed by atoms with E-state index in [-0.39, 0.29) is 24.2 Å². The van der Waals surface area contributed by atoms with E-state index in [1.807, 2.05) is 53.4 Å². The summed E-state index contributed by atoms with van der Waals surface area (Å²) < 4.78 is 3.12. The average Bonchev–Trinajstić information content (AvgIpc) is 2.93. The highest BCUT2D eigenvalue weighted by molar-refractivity contribution is 6.31. The predicted octanol–water partition coefficient (Wildman–Crippen LogP) is 2.17. The molecular weight excluding hydrogens is 364 g/mol. The summed E-state index contributed by atoms with van der Waals surface area (Å²) in [4.78, 5) is 27.6. The van der Waals surface area contributed by atoms with Crippen molar-refractivity contribution < 1.29 is 4.79 Å². The van der Waals surface area contributed by atoms with Gasteiger partial charge in [0.2, 0.25) is 5.91 Å². The van der Waals surface area contributed by atoms with Gasteiger partial charge >= 0.3 is 5.69 Å². The molecule has 4 rings (SSSR count). The highest BCUT2D eigenvalue weighted by atomic mass is 35.5. The lowest BCUT2D eigenvalue weighted by atomic mass is 10.0. The van der Waals surface area contributed by atoms with Gasteiger partial charge in [0.1, 0.15) is 6.54 Å². The molecule has 1 amide bonds. The molecule has 0 bridgehead atoms. The summed E-state index contributed by atoms with van der Waals surface area (Å²) in [7, 11) is 1.73. The summed E-state index contributed by atoms with van der Waals surface area (Å²) in [6, 6.07) is 15.0. The molecule has 0 radical (unpaired) electrons.